The number of alkyl carbamates (subject to hydrolysis) is 1. The van der Waals surface area contributed by atoms with Crippen LogP contribution in [0.25, 0.3) is 0 Å². The average Bonchev–Trinajstić information content (AvgIpc) is 3.00. The van der Waals surface area contributed by atoms with E-state index in [1.807, 2.05) is 30.3 Å². The lowest BCUT2D eigenvalue weighted by atomic mass is 9.83. The van der Waals surface area contributed by atoms with Crippen LogP contribution < -0.4 is 21.7 Å². The number of nitrogens with zero attached hydrogens (tertiary/aromatic N) is 1. The first-order valence-electron chi connectivity index (χ1n) is 14.5. The summed E-state index contributed by atoms with van der Waals surface area (Å²) in [6.45, 7) is -0.522. The number of carbonyl (C=O) groups is 4. The summed E-state index contributed by atoms with van der Waals surface area (Å²) in [5, 5.41) is 15.3. The van der Waals surface area contributed by atoms with Crippen LogP contribution in [-0.4, -0.2) is 72.4 Å². The minimum atomic E-state index is -1.23. The molecule has 1 unspecified atom stereocenters. The van der Waals surface area contributed by atoms with Crippen molar-refractivity contribution < 1.29 is 28.3 Å². The van der Waals surface area contributed by atoms with Crippen LogP contribution in [0.2, 0.25) is 0 Å². The number of guanidine groups is 1. The zero-order valence-electron chi connectivity index (χ0n) is 23.5. The van der Waals surface area contributed by atoms with Gasteiger partial charge in [0.2, 0.25) is 11.8 Å². The molecule has 1 aromatic rings. The van der Waals surface area contributed by atoms with Crippen molar-refractivity contribution in [2.75, 3.05) is 19.8 Å². The number of ketones is 1. The molecule has 3 atom stereocenters. The molecule has 41 heavy (non-hydrogen) atoms. The van der Waals surface area contributed by atoms with Crippen LogP contribution in [0.3, 0.4) is 0 Å². The van der Waals surface area contributed by atoms with Gasteiger partial charge in [-0.3, -0.25) is 19.8 Å². The lowest BCUT2D eigenvalue weighted by Crippen LogP contribution is -2.60. The third-order valence-electron chi connectivity index (χ3n) is 7.78. The summed E-state index contributed by atoms with van der Waals surface area (Å²) >= 11 is 0. The standard InChI is InChI=1S/C29H43FN6O5/c30-18-24(37)22(14-9-16-33-28(31)32)34-26(38)23-15-7-8-17-36(23)27(39)25(21-12-5-2-6-13-21)35-29(40)41-19-20-10-3-1-4-11-20/h1,3-4,10-11,21-23,25H,2,5-9,12-19H2,(H,34,38)(H,35,40)(H4,31,32,33)/t22-,23-,25?/m0/s1. The van der Waals surface area contributed by atoms with E-state index >= 15 is 0 Å². The molecule has 6 N–H and O–H groups in total. The number of rotatable bonds is 13. The van der Waals surface area contributed by atoms with Crippen molar-refractivity contribution in [3.63, 3.8) is 0 Å². The number of amides is 3. The quantitative estimate of drug-likeness (QED) is 0.137. The van der Waals surface area contributed by atoms with Gasteiger partial charge in [-0.15, -0.1) is 0 Å². The second-order valence-electron chi connectivity index (χ2n) is 10.8. The maximum atomic E-state index is 14.0. The summed E-state index contributed by atoms with van der Waals surface area (Å²) in [4.78, 5) is 54.0. The van der Waals surface area contributed by atoms with Crippen LogP contribution in [0.1, 0.15) is 69.8 Å². The molecular formula is C29H43FN6O5. The van der Waals surface area contributed by atoms with Gasteiger partial charge in [-0.25, -0.2) is 9.18 Å². The molecule has 0 aromatic heterocycles. The minimum Gasteiger partial charge on any atom is -0.445 e. The van der Waals surface area contributed by atoms with Gasteiger partial charge < -0.3 is 31.3 Å². The highest BCUT2D eigenvalue weighted by atomic mass is 19.1. The molecule has 1 aliphatic heterocycles. The second kappa shape index (κ2) is 16.5. The average molecular weight is 575 g/mol. The Bertz CT molecular complexity index is 1040. The van der Waals surface area contributed by atoms with Crippen molar-refractivity contribution in [3.05, 3.63) is 35.9 Å². The number of nitrogens with one attached hydrogen (secondary N) is 4. The highest BCUT2D eigenvalue weighted by Crippen LogP contribution is 2.29. The van der Waals surface area contributed by atoms with Crippen molar-refractivity contribution in [3.8, 4) is 0 Å². The Morgan fingerprint density at radius 1 is 1.02 bits per heavy atom. The van der Waals surface area contributed by atoms with Crippen LogP contribution in [0.5, 0.6) is 0 Å². The molecule has 3 amide bonds. The Balaban J connectivity index is 1.70. The first kappa shape index (κ1) is 31.8. The van der Waals surface area contributed by atoms with Crippen molar-refractivity contribution in [2.24, 2.45) is 11.7 Å². The zero-order chi connectivity index (χ0) is 29.6. The molecule has 12 heteroatoms. The molecule has 11 nitrogen and oxygen atoms in total. The van der Waals surface area contributed by atoms with Gasteiger partial charge in [0.05, 0.1) is 6.04 Å². The number of carbonyl (C=O) groups excluding carboxylic acids is 4. The number of hydrogen-bond donors (Lipinski definition) is 5. The zero-order valence-corrected chi connectivity index (χ0v) is 23.5. The molecule has 0 spiro atoms. The number of likely N-dealkylation sites (tertiary alicyclic amines) is 1. The van der Waals surface area contributed by atoms with Crippen LogP contribution in [0.4, 0.5) is 9.18 Å². The normalized spacial score (nSPS) is 19.0. The van der Waals surface area contributed by atoms with Crippen molar-refractivity contribution in [1.82, 2.24) is 20.9 Å². The summed E-state index contributed by atoms with van der Waals surface area (Å²) < 4.78 is 18.7. The van der Waals surface area contributed by atoms with E-state index in [-0.39, 0.29) is 30.8 Å². The predicted molar refractivity (Wildman–Crippen MR) is 152 cm³/mol. The van der Waals surface area contributed by atoms with Crippen LogP contribution in [0.15, 0.2) is 30.3 Å². The topological polar surface area (TPSA) is 167 Å². The number of halogens is 1. The Morgan fingerprint density at radius 3 is 2.41 bits per heavy atom. The Labute approximate surface area is 240 Å². The maximum absolute atomic E-state index is 14.0. The number of hydrogen-bond acceptors (Lipinski definition) is 6. The van der Waals surface area contributed by atoms with Crippen LogP contribution in [-0.2, 0) is 25.7 Å². The van der Waals surface area contributed by atoms with Gasteiger partial charge in [0.25, 0.3) is 0 Å². The summed E-state index contributed by atoms with van der Waals surface area (Å²) in [6, 6.07) is 6.52. The van der Waals surface area contributed by atoms with Gasteiger partial charge in [-0.1, -0.05) is 49.6 Å². The van der Waals surface area contributed by atoms with Gasteiger partial charge >= 0.3 is 6.09 Å². The minimum absolute atomic E-state index is 0.0684. The lowest BCUT2D eigenvalue weighted by molar-refractivity contribution is -0.145. The fraction of sp³-hybridized carbons (Fsp3) is 0.621. The molecule has 1 heterocycles. The molecular weight excluding hydrogens is 531 g/mol. The fourth-order valence-electron chi connectivity index (χ4n) is 5.59. The second-order valence-corrected chi connectivity index (χ2v) is 10.8. The van der Waals surface area contributed by atoms with E-state index in [9.17, 15) is 23.6 Å². The highest BCUT2D eigenvalue weighted by Gasteiger charge is 2.40. The molecule has 1 saturated carbocycles. The van der Waals surface area contributed by atoms with E-state index in [1.54, 1.807) is 0 Å². The molecule has 0 bridgehead atoms. The third-order valence-corrected chi connectivity index (χ3v) is 7.78. The molecule has 1 aliphatic carbocycles. The third kappa shape index (κ3) is 10.0. The Kier molecular flexibility index (Phi) is 12.8. The highest BCUT2D eigenvalue weighted by molar-refractivity contribution is 5.94. The SMILES string of the molecule is N=C(N)NCCC[C@H](NC(=O)[C@@H]1CCCCN1C(=O)C(NC(=O)OCc1ccccc1)C1CCCCC1)C(=O)CF. The molecule has 1 saturated heterocycles. The number of alkyl halides is 1. The van der Waals surface area contributed by atoms with Gasteiger partial charge in [-0.2, -0.15) is 0 Å². The Hall–Kier alpha value is -3.70. The maximum Gasteiger partial charge on any atom is 0.408 e. The van der Waals surface area contributed by atoms with Crippen molar-refractivity contribution in [1.29, 1.82) is 5.41 Å². The van der Waals surface area contributed by atoms with Crippen molar-refractivity contribution in [2.45, 2.75) is 88.9 Å². The van der Waals surface area contributed by atoms with E-state index < -0.39 is 42.6 Å². The number of Topliss-reactive ketones (excluding diaryl/α,β-unsaturated/α-hetero) is 1. The summed E-state index contributed by atoms with van der Waals surface area (Å²) in [5.74, 6) is -1.91. The van der Waals surface area contributed by atoms with Gasteiger partial charge in [0, 0.05) is 13.1 Å². The largest absolute Gasteiger partial charge is 0.445 e. The van der Waals surface area contributed by atoms with E-state index in [0.29, 0.717) is 38.8 Å². The van der Waals surface area contributed by atoms with E-state index in [1.165, 1.54) is 4.90 Å². The van der Waals surface area contributed by atoms with Crippen LogP contribution in [0, 0.1) is 11.3 Å². The van der Waals surface area contributed by atoms with Crippen molar-refractivity contribution >= 4 is 29.7 Å². The molecule has 226 valence electrons. The van der Waals surface area contributed by atoms with Gasteiger partial charge in [0.1, 0.15) is 25.4 Å². The number of benzene rings is 1. The molecule has 2 fully saturated rings. The number of piperidine rings is 1. The first-order valence-corrected chi connectivity index (χ1v) is 14.5. The smallest absolute Gasteiger partial charge is 0.408 e. The van der Waals surface area contributed by atoms with E-state index in [0.717, 1.165) is 37.7 Å². The number of nitrogens with two attached hydrogens (primary N) is 1. The lowest BCUT2D eigenvalue weighted by Gasteiger charge is -2.39. The molecule has 3 rings (SSSR count). The van der Waals surface area contributed by atoms with Gasteiger partial charge in [0.15, 0.2) is 11.7 Å². The van der Waals surface area contributed by atoms with E-state index in [4.69, 9.17) is 15.9 Å². The molecule has 1 aromatic carbocycles. The summed E-state index contributed by atoms with van der Waals surface area (Å²) in [6.07, 6.45) is 6.19. The molecule has 0 radical (unpaired) electrons. The van der Waals surface area contributed by atoms with E-state index in [2.05, 4.69) is 16.0 Å². The summed E-state index contributed by atoms with van der Waals surface area (Å²) in [5.41, 5.74) is 6.10. The monoisotopic (exact) mass is 574 g/mol. The van der Waals surface area contributed by atoms with Gasteiger partial charge in [-0.05, 0) is 56.4 Å². The summed E-state index contributed by atoms with van der Waals surface area (Å²) in [7, 11) is 0. The van der Waals surface area contributed by atoms with Crippen LogP contribution >= 0.6 is 0 Å². The predicted octanol–water partition coefficient (Wildman–Crippen LogP) is 2.53. The molecule has 2 aliphatic rings. The Morgan fingerprint density at radius 2 is 1.73 bits per heavy atom. The first-order chi connectivity index (χ1) is 19.8. The number of ether oxygens (including phenoxy) is 1. The fourth-order valence-corrected chi connectivity index (χ4v) is 5.59.